The first-order chi connectivity index (χ1) is 16.4. The molecule has 9 heteroatoms. The quantitative estimate of drug-likeness (QED) is 0.455. The van der Waals surface area contributed by atoms with Gasteiger partial charge in [-0.3, -0.25) is 4.79 Å². The maximum Gasteiger partial charge on any atom is 0.246 e. The Morgan fingerprint density at radius 3 is 2.65 bits per heavy atom. The van der Waals surface area contributed by atoms with Gasteiger partial charge >= 0.3 is 0 Å². The highest BCUT2D eigenvalue weighted by molar-refractivity contribution is 7.89. The van der Waals surface area contributed by atoms with Crippen LogP contribution < -0.4 is 5.32 Å². The number of aryl methyl sites for hydroxylation is 1. The highest BCUT2D eigenvalue weighted by Crippen LogP contribution is 2.28. The van der Waals surface area contributed by atoms with Gasteiger partial charge in [0.2, 0.25) is 27.6 Å². The van der Waals surface area contributed by atoms with E-state index in [1.165, 1.54) is 4.31 Å². The zero-order valence-corrected chi connectivity index (χ0v) is 19.5. The number of benzene rings is 3. The number of nitrogens with zero attached hydrogens (tertiary/aromatic N) is 3. The molecule has 0 aliphatic carbocycles. The Hall–Kier alpha value is -3.56. The molecule has 0 spiro atoms. The number of hydrogen-bond donors (Lipinski definition) is 1. The average Bonchev–Trinajstić information content (AvgIpc) is 3.53. The van der Waals surface area contributed by atoms with Crippen molar-refractivity contribution in [2.24, 2.45) is 0 Å². The van der Waals surface area contributed by atoms with Gasteiger partial charge in [-0.25, -0.2) is 8.42 Å². The monoisotopic (exact) mass is 476 g/mol. The predicted molar refractivity (Wildman–Crippen MR) is 127 cm³/mol. The summed E-state index contributed by atoms with van der Waals surface area (Å²) in [5.41, 5.74) is 1.94. The van der Waals surface area contributed by atoms with Crippen LogP contribution in [-0.2, 0) is 21.4 Å². The van der Waals surface area contributed by atoms with Crippen LogP contribution in [-0.4, -0.2) is 41.4 Å². The fraction of sp³-hybridized carbons (Fsp3) is 0.240. The van der Waals surface area contributed by atoms with Gasteiger partial charge in [0.15, 0.2) is 0 Å². The second-order valence-corrected chi connectivity index (χ2v) is 10.3. The molecule has 1 saturated heterocycles. The molecular formula is C25H24N4O4S. The molecule has 0 radical (unpaired) electrons. The van der Waals surface area contributed by atoms with E-state index < -0.39 is 16.1 Å². The van der Waals surface area contributed by atoms with Crippen molar-refractivity contribution >= 4 is 26.7 Å². The van der Waals surface area contributed by atoms with E-state index in [9.17, 15) is 13.2 Å². The maximum atomic E-state index is 13.4. The lowest BCUT2D eigenvalue weighted by atomic mass is 10.1. The molecule has 2 heterocycles. The topological polar surface area (TPSA) is 105 Å². The molecule has 0 saturated carbocycles. The lowest BCUT2D eigenvalue weighted by Gasteiger charge is -2.23. The van der Waals surface area contributed by atoms with Crippen molar-refractivity contribution in [2.45, 2.75) is 37.2 Å². The third kappa shape index (κ3) is 4.32. The van der Waals surface area contributed by atoms with Crippen LogP contribution in [0.4, 0.5) is 0 Å². The molecule has 0 bridgehead atoms. The van der Waals surface area contributed by atoms with Crippen LogP contribution in [0.1, 0.15) is 24.3 Å². The summed E-state index contributed by atoms with van der Waals surface area (Å²) in [6.07, 6.45) is 1.07. The number of nitrogens with one attached hydrogen (secondary N) is 1. The first-order valence-electron chi connectivity index (χ1n) is 11.1. The molecule has 5 rings (SSSR count). The second kappa shape index (κ2) is 9.00. The molecule has 4 aromatic rings. The van der Waals surface area contributed by atoms with Gasteiger partial charge in [-0.2, -0.15) is 9.29 Å². The molecule has 34 heavy (non-hydrogen) atoms. The van der Waals surface area contributed by atoms with E-state index in [0.29, 0.717) is 25.2 Å². The maximum absolute atomic E-state index is 13.4. The second-order valence-electron chi connectivity index (χ2n) is 8.38. The van der Waals surface area contributed by atoms with Crippen LogP contribution >= 0.6 is 0 Å². The number of sulfonamides is 1. The molecule has 1 amide bonds. The number of hydrogen-bond acceptors (Lipinski definition) is 6. The lowest BCUT2D eigenvalue weighted by Crippen LogP contribution is -2.45. The van der Waals surface area contributed by atoms with Crippen LogP contribution in [0.3, 0.4) is 0 Å². The van der Waals surface area contributed by atoms with Crippen LogP contribution in [0.5, 0.6) is 0 Å². The highest BCUT2D eigenvalue weighted by Gasteiger charge is 2.39. The first-order valence-corrected chi connectivity index (χ1v) is 12.5. The van der Waals surface area contributed by atoms with Gasteiger partial charge in [0, 0.05) is 12.1 Å². The number of rotatable bonds is 6. The molecule has 1 unspecified atom stereocenters. The Morgan fingerprint density at radius 1 is 1.09 bits per heavy atom. The first kappa shape index (κ1) is 22.2. The predicted octanol–water partition coefficient (Wildman–Crippen LogP) is 3.67. The average molecular weight is 477 g/mol. The lowest BCUT2D eigenvalue weighted by molar-refractivity contribution is -0.124. The fourth-order valence-electron chi connectivity index (χ4n) is 4.18. The van der Waals surface area contributed by atoms with E-state index in [0.717, 1.165) is 21.9 Å². The van der Waals surface area contributed by atoms with Crippen LogP contribution in [0, 0.1) is 6.92 Å². The Bertz CT molecular complexity index is 1450. The Morgan fingerprint density at radius 2 is 1.85 bits per heavy atom. The summed E-state index contributed by atoms with van der Waals surface area (Å²) in [6, 6.07) is 19.5. The molecule has 1 aliphatic rings. The minimum absolute atomic E-state index is 0.0259. The van der Waals surface area contributed by atoms with E-state index in [-0.39, 0.29) is 23.2 Å². The van der Waals surface area contributed by atoms with Gasteiger partial charge in [0.1, 0.15) is 6.04 Å². The van der Waals surface area contributed by atoms with Gasteiger partial charge in [0.05, 0.1) is 11.4 Å². The molecular weight excluding hydrogens is 452 g/mol. The smallest absolute Gasteiger partial charge is 0.246 e. The number of carbonyl (C=O) groups is 1. The third-order valence-corrected chi connectivity index (χ3v) is 7.93. The van der Waals surface area contributed by atoms with Crippen molar-refractivity contribution in [2.75, 3.05) is 6.54 Å². The summed E-state index contributed by atoms with van der Waals surface area (Å²) in [4.78, 5) is 17.4. The normalized spacial score (nSPS) is 16.7. The fourth-order valence-corrected chi connectivity index (χ4v) is 5.87. The molecule has 1 aromatic heterocycles. The van der Waals surface area contributed by atoms with Crippen molar-refractivity contribution in [3.63, 3.8) is 0 Å². The third-order valence-electron chi connectivity index (χ3n) is 6.03. The van der Waals surface area contributed by atoms with Crippen molar-refractivity contribution in [1.82, 2.24) is 19.8 Å². The van der Waals surface area contributed by atoms with Gasteiger partial charge in [0.25, 0.3) is 0 Å². The van der Waals surface area contributed by atoms with E-state index in [1.54, 1.807) is 18.2 Å². The SMILES string of the molecule is Cc1ccc(-c2noc(CNC(=O)C3CCCN3S(=O)(=O)c3ccc4ccccc4c3)n2)cc1. The van der Waals surface area contributed by atoms with E-state index in [2.05, 4.69) is 15.5 Å². The van der Waals surface area contributed by atoms with Gasteiger partial charge in [-0.15, -0.1) is 0 Å². The van der Waals surface area contributed by atoms with Crippen molar-refractivity contribution in [3.05, 3.63) is 78.2 Å². The van der Waals surface area contributed by atoms with E-state index in [4.69, 9.17) is 4.52 Å². The van der Waals surface area contributed by atoms with Crippen molar-refractivity contribution in [3.8, 4) is 11.4 Å². The number of carbonyl (C=O) groups excluding carboxylic acids is 1. The van der Waals surface area contributed by atoms with Crippen molar-refractivity contribution < 1.29 is 17.7 Å². The Kier molecular flexibility index (Phi) is 5.89. The molecule has 1 aliphatic heterocycles. The van der Waals surface area contributed by atoms with Gasteiger partial charge < -0.3 is 9.84 Å². The van der Waals surface area contributed by atoms with Crippen LogP contribution in [0.2, 0.25) is 0 Å². The minimum Gasteiger partial charge on any atom is -0.346 e. The van der Waals surface area contributed by atoms with Crippen molar-refractivity contribution in [1.29, 1.82) is 0 Å². The molecule has 8 nitrogen and oxygen atoms in total. The number of fused-ring (bicyclic) bond motifs is 1. The molecule has 1 atom stereocenters. The minimum atomic E-state index is -3.82. The molecule has 1 N–H and O–H groups in total. The summed E-state index contributed by atoms with van der Waals surface area (Å²) in [5.74, 6) is 0.313. The largest absolute Gasteiger partial charge is 0.346 e. The van der Waals surface area contributed by atoms with Crippen LogP contribution in [0.15, 0.2) is 76.1 Å². The van der Waals surface area contributed by atoms with E-state index >= 15 is 0 Å². The zero-order valence-electron chi connectivity index (χ0n) is 18.6. The summed E-state index contributed by atoms with van der Waals surface area (Å²) < 4.78 is 33.3. The summed E-state index contributed by atoms with van der Waals surface area (Å²) in [7, 11) is -3.82. The van der Waals surface area contributed by atoms with Crippen LogP contribution in [0.25, 0.3) is 22.2 Å². The van der Waals surface area contributed by atoms with Gasteiger partial charge in [-0.1, -0.05) is 65.3 Å². The molecule has 3 aromatic carbocycles. The summed E-state index contributed by atoms with van der Waals surface area (Å²) in [5, 5.41) is 8.52. The summed E-state index contributed by atoms with van der Waals surface area (Å²) in [6.45, 7) is 2.32. The highest BCUT2D eigenvalue weighted by atomic mass is 32.2. The standard InChI is InChI=1S/C25H24N4O4S/c1-17-8-10-19(11-9-17)24-27-23(33-28-24)16-26-25(30)22-7-4-14-29(22)34(31,32)21-13-12-18-5-2-3-6-20(18)15-21/h2-3,5-6,8-13,15,22H,4,7,14,16H2,1H3,(H,26,30). The summed E-state index contributed by atoms with van der Waals surface area (Å²) >= 11 is 0. The Labute approximate surface area is 197 Å². The Balaban J connectivity index is 1.28. The van der Waals surface area contributed by atoms with E-state index in [1.807, 2.05) is 55.5 Å². The molecule has 174 valence electrons. The zero-order chi connectivity index (χ0) is 23.7. The number of amides is 1. The number of aromatic nitrogens is 2. The van der Waals surface area contributed by atoms with Gasteiger partial charge in [-0.05, 0) is 42.7 Å². The molecule has 1 fully saturated rings.